The van der Waals surface area contributed by atoms with Gasteiger partial charge in [-0.15, -0.1) is 11.3 Å². The molecule has 4 rings (SSSR count). The van der Waals surface area contributed by atoms with Gasteiger partial charge in [0.05, 0.1) is 4.88 Å². The first-order chi connectivity index (χ1) is 14.4. The third kappa shape index (κ3) is 3.54. The van der Waals surface area contributed by atoms with E-state index in [1.54, 1.807) is 37.3 Å². The van der Waals surface area contributed by atoms with E-state index in [1.807, 2.05) is 0 Å². The highest BCUT2D eigenvalue weighted by Gasteiger charge is 2.72. The molecule has 0 spiro atoms. The van der Waals surface area contributed by atoms with E-state index in [-0.39, 0.29) is 21.2 Å². The fraction of sp³-hybridized carbons (Fsp3) is 0.263. The third-order valence-electron chi connectivity index (χ3n) is 5.41. The summed E-state index contributed by atoms with van der Waals surface area (Å²) in [6.07, 6.45) is -4.67. The van der Waals surface area contributed by atoms with Crippen molar-refractivity contribution in [3.63, 3.8) is 0 Å². The Labute approximate surface area is 178 Å². The Morgan fingerprint density at radius 3 is 2.48 bits per heavy atom. The van der Waals surface area contributed by atoms with Gasteiger partial charge >= 0.3 is 12.1 Å². The number of hydrogen-bond donors (Lipinski definition) is 2. The van der Waals surface area contributed by atoms with Crippen LogP contribution in [0.4, 0.5) is 13.2 Å². The minimum absolute atomic E-state index is 0.0506. The lowest BCUT2D eigenvalue weighted by molar-refractivity contribution is -0.155. The fourth-order valence-corrected chi connectivity index (χ4v) is 6.27. The molecule has 7 nitrogen and oxygen atoms in total. The minimum Gasteiger partial charge on any atom is -0.480 e. The Hall–Kier alpha value is -2.70. The Morgan fingerprint density at radius 2 is 1.90 bits per heavy atom. The van der Waals surface area contributed by atoms with Gasteiger partial charge in [0.2, 0.25) is 5.76 Å². The van der Waals surface area contributed by atoms with Crippen molar-refractivity contribution in [1.29, 1.82) is 0 Å². The second-order valence-electron chi connectivity index (χ2n) is 7.38. The number of carboxylic acid groups (broad SMARTS) is 1. The molecule has 0 radical (unpaired) electrons. The molecule has 2 atom stereocenters. The zero-order valence-corrected chi connectivity index (χ0v) is 17.4. The SMILES string of the molecule is CC1(c2ccccc2)C[C@@]1(NS(=O)(=O)c1ccc(-c2cc(C(F)(F)F)on2)s1)C(=O)O. The second-order valence-corrected chi connectivity index (χ2v) is 10.4. The molecule has 1 unspecified atom stereocenters. The molecule has 0 bridgehead atoms. The van der Waals surface area contributed by atoms with Crippen LogP contribution in [0.5, 0.6) is 0 Å². The maximum absolute atomic E-state index is 12.9. The number of rotatable bonds is 6. The molecule has 2 aromatic heterocycles. The Kier molecular flexibility index (Phi) is 4.79. The van der Waals surface area contributed by atoms with E-state index in [2.05, 4.69) is 14.4 Å². The molecule has 31 heavy (non-hydrogen) atoms. The number of aromatic nitrogens is 1. The summed E-state index contributed by atoms with van der Waals surface area (Å²) in [5.74, 6) is -2.62. The Balaban J connectivity index is 1.63. The van der Waals surface area contributed by atoms with Gasteiger partial charge in [0.1, 0.15) is 15.4 Å². The summed E-state index contributed by atoms with van der Waals surface area (Å²) in [5.41, 5.74) is -2.20. The standard InChI is InChI=1S/C19H15F3N2O5S2/c1-17(11-5-3-2-4-6-11)10-18(17,16(25)26)24-31(27,28)15-8-7-13(30-15)12-9-14(29-23-12)19(20,21)22/h2-9,24H,10H2,1H3,(H,25,26)/t17?,18-/m1/s1. The van der Waals surface area contributed by atoms with E-state index in [1.165, 1.54) is 12.1 Å². The first kappa shape index (κ1) is 21.5. The van der Waals surface area contributed by atoms with Gasteiger partial charge in [0.25, 0.3) is 10.0 Å². The maximum Gasteiger partial charge on any atom is 0.452 e. The molecule has 0 saturated heterocycles. The average molecular weight is 472 g/mol. The number of alkyl halides is 3. The monoisotopic (exact) mass is 472 g/mol. The van der Waals surface area contributed by atoms with Crippen molar-refractivity contribution in [3.05, 3.63) is 59.9 Å². The van der Waals surface area contributed by atoms with Gasteiger partial charge in [-0.1, -0.05) is 42.4 Å². The number of aliphatic carboxylic acids is 1. The molecule has 2 N–H and O–H groups in total. The molecule has 1 aromatic carbocycles. The fourth-order valence-electron chi connectivity index (χ4n) is 3.55. The van der Waals surface area contributed by atoms with E-state index in [9.17, 15) is 31.5 Å². The van der Waals surface area contributed by atoms with Gasteiger partial charge in [-0.05, 0) is 24.1 Å². The Morgan fingerprint density at radius 1 is 1.23 bits per heavy atom. The number of thiophene rings is 1. The average Bonchev–Trinajstić information content (AvgIpc) is 3.12. The second kappa shape index (κ2) is 6.90. The number of nitrogens with one attached hydrogen (secondary N) is 1. The van der Waals surface area contributed by atoms with E-state index in [0.717, 1.165) is 0 Å². The van der Waals surface area contributed by atoms with Crippen molar-refractivity contribution in [2.75, 3.05) is 0 Å². The number of nitrogens with zero attached hydrogens (tertiary/aromatic N) is 1. The summed E-state index contributed by atoms with van der Waals surface area (Å²) >= 11 is 0.660. The van der Waals surface area contributed by atoms with E-state index in [0.29, 0.717) is 23.0 Å². The van der Waals surface area contributed by atoms with Crippen molar-refractivity contribution in [2.45, 2.75) is 34.7 Å². The van der Waals surface area contributed by atoms with Gasteiger partial charge in [0, 0.05) is 11.5 Å². The zero-order chi connectivity index (χ0) is 22.7. The van der Waals surface area contributed by atoms with E-state index >= 15 is 0 Å². The molecule has 164 valence electrons. The molecule has 0 aliphatic heterocycles. The van der Waals surface area contributed by atoms with Crippen LogP contribution in [0.2, 0.25) is 0 Å². The molecular formula is C19H15F3N2O5S2. The van der Waals surface area contributed by atoms with Crippen molar-refractivity contribution in [2.24, 2.45) is 0 Å². The topological polar surface area (TPSA) is 110 Å². The van der Waals surface area contributed by atoms with Gasteiger partial charge in [-0.2, -0.15) is 17.9 Å². The zero-order valence-electron chi connectivity index (χ0n) is 15.8. The summed E-state index contributed by atoms with van der Waals surface area (Å²) in [6.45, 7) is 1.66. The number of carboxylic acids is 1. The van der Waals surface area contributed by atoms with Crippen LogP contribution in [-0.4, -0.2) is 30.2 Å². The van der Waals surface area contributed by atoms with Crippen molar-refractivity contribution >= 4 is 27.3 Å². The van der Waals surface area contributed by atoms with E-state index in [4.69, 9.17) is 0 Å². The van der Waals surface area contributed by atoms with Crippen molar-refractivity contribution in [3.8, 4) is 10.6 Å². The number of benzene rings is 1. The lowest BCUT2D eigenvalue weighted by Gasteiger charge is -2.20. The quantitative estimate of drug-likeness (QED) is 0.564. The van der Waals surface area contributed by atoms with Crippen molar-refractivity contribution < 1.29 is 36.0 Å². The van der Waals surface area contributed by atoms with Gasteiger partial charge < -0.3 is 9.63 Å². The summed E-state index contributed by atoms with van der Waals surface area (Å²) in [7, 11) is -4.28. The normalized spacial score (nSPS) is 23.6. The van der Waals surface area contributed by atoms with Crippen LogP contribution in [0, 0.1) is 0 Å². The highest BCUT2D eigenvalue weighted by atomic mass is 32.2. The first-order valence-corrected chi connectivity index (χ1v) is 11.2. The molecule has 1 aliphatic carbocycles. The summed E-state index contributed by atoms with van der Waals surface area (Å²) in [5, 5.41) is 13.2. The molecule has 2 heterocycles. The molecular weight excluding hydrogens is 457 g/mol. The predicted octanol–water partition coefficient (Wildman–Crippen LogP) is 3.89. The number of sulfonamides is 1. The molecule has 1 aliphatic rings. The minimum atomic E-state index is -4.72. The number of hydrogen-bond acceptors (Lipinski definition) is 6. The van der Waals surface area contributed by atoms with Crippen LogP contribution < -0.4 is 4.72 Å². The lowest BCUT2D eigenvalue weighted by Crippen LogP contribution is -2.47. The van der Waals surface area contributed by atoms with Crippen LogP contribution in [-0.2, 0) is 26.4 Å². The largest absolute Gasteiger partial charge is 0.480 e. The van der Waals surface area contributed by atoms with Crippen LogP contribution in [0.25, 0.3) is 10.6 Å². The highest BCUT2D eigenvalue weighted by molar-refractivity contribution is 7.91. The highest BCUT2D eigenvalue weighted by Crippen LogP contribution is 2.58. The van der Waals surface area contributed by atoms with Crippen LogP contribution in [0.15, 0.2) is 57.3 Å². The summed E-state index contributed by atoms with van der Waals surface area (Å²) in [4.78, 5) is 12.2. The molecule has 0 amide bonds. The van der Waals surface area contributed by atoms with Crippen LogP contribution in [0.1, 0.15) is 24.7 Å². The lowest BCUT2D eigenvalue weighted by atomic mass is 9.93. The molecule has 3 aromatic rings. The molecule has 12 heteroatoms. The third-order valence-corrected chi connectivity index (χ3v) is 8.50. The van der Waals surface area contributed by atoms with Crippen molar-refractivity contribution in [1.82, 2.24) is 9.88 Å². The Bertz CT molecular complexity index is 1250. The van der Waals surface area contributed by atoms with Crippen LogP contribution >= 0.6 is 11.3 Å². The van der Waals surface area contributed by atoms with Gasteiger partial charge in [0.15, 0.2) is 0 Å². The molecule has 1 fully saturated rings. The predicted molar refractivity (Wildman–Crippen MR) is 104 cm³/mol. The summed E-state index contributed by atoms with van der Waals surface area (Å²) < 4.78 is 70.3. The first-order valence-electron chi connectivity index (χ1n) is 8.86. The smallest absolute Gasteiger partial charge is 0.452 e. The molecule has 1 saturated carbocycles. The van der Waals surface area contributed by atoms with E-state index < -0.39 is 38.9 Å². The number of carbonyl (C=O) groups is 1. The number of halogens is 3. The maximum atomic E-state index is 12.9. The van der Waals surface area contributed by atoms with Crippen LogP contribution in [0.3, 0.4) is 0 Å². The van der Waals surface area contributed by atoms with Gasteiger partial charge in [-0.25, -0.2) is 8.42 Å². The van der Waals surface area contributed by atoms with Gasteiger partial charge in [-0.3, -0.25) is 4.79 Å². The summed E-state index contributed by atoms with van der Waals surface area (Å²) in [6, 6.07) is 11.8.